The number of benzene rings is 1. The molecule has 0 saturated heterocycles. The third-order valence-electron chi connectivity index (χ3n) is 3.20. The van der Waals surface area contributed by atoms with Gasteiger partial charge < -0.3 is 10.3 Å². The topological polar surface area (TPSA) is 44.9 Å². The smallest absolute Gasteiger partial charge is 0.253 e. The monoisotopic (exact) mass is 262 g/mol. The first-order valence-corrected chi connectivity index (χ1v) is 6.55. The second kappa shape index (κ2) is 5.43. The summed E-state index contributed by atoms with van der Waals surface area (Å²) in [5.74, 6) is -0.0496. The highest BCUT2D eigenvalue weighted by molar-refractivity contribution is 6.08. The summed E-state index contributed by atoms with van der Waals surface area (Å²) in [6.45, 7) is 6.60. The van der Waals surface area contributed by atoms with Crippen molar-refractivity contribution in [3.05, 3.63) is 35.3 Å². The minimum Gasteiger partial charge on any atom is -0.358 e. The van der Waals surface area contributed by atoms with Crippen molar-refractivity contribution in [1.82, 2.24) is 10.3 Å². The Kier molecular flexibility index (Phi) is 3.88. The average molecular weight is 262 g/mol. The third-order valence-corrected chi connectivity index (χ3v) is 3.20. The predicted octanol–water partition coefficient (Wildman–Crippen LogP) is 3.39. The lowest BCUT2D eigenvalue weighted by molar-refractivity contribution is 0.0953. The molecule has 0 fully saturated rings. The molecule has 0 aliphatic rings. The van der Waals surface area contributed by atoms with Gasteiger partial charge >= 0.3 is 0 Å². The van der Waals surface area contributed by atoms with Gasteiger partial charge in [0.1, 0.15) is 5.82 Å². The van der Waals surface area contributed by atoms with Gasteiger partial charge in [-0.05, 0) is 31.4 Å². The molecule has 0 spiro atoms. The van der Waals surface area contributed by atoms with Crippen LogP contribution in [0.5, 0.6) is 0 Å². The number of hydrogen-bond acceptors (Lipinski definition) is 1. The molecule has 0 unspecified atom stereocenters. The second-order valence-electron chi connectivity index (χ2n) is 5.23. The lowest BCUT2D eigenvalue weighted by atomic mass is 10.1. The number of fused-ring (bicyclic) bond motifs is 1. The van der Waals surface area contributed by atoms with E-state index >= 15 is 0 Å². The molecule has 0 bridgehead atoms. The summed E-state index contributed by atoms with van der Waals surface area (Å²) in [6.07, 6.45) is 0.912. The van der Waals surface area contributed by atoms with Gasteiger partial charge in [0.15, 0.2) is 0 Å². The van der Waals surface area contributed by atoms with E-state index in [2.05, 4.69) is 24.1 Å². The van der Waals surface area contributed by atoms with Crippen molar-refractivity contribution < 1.29 is 9.18 Å². The summed E-state index contributed by atoms with van der Waals surface area (Å²) in [6, 6.07) is 4.78. The third kappa shape index (κ3) is 2.78. The SMILES string of the molecule is Cc1[nH]c2cccc(F)c2c1C(=O)NCCC(C)C. The van der Waals surface area contributed by atoms with Crippen molar-refractivity contribution in [2.24, 2.45) is 5.92 Å². The second-order valence-corrected chi connectivity index (χ2v) is 5.23. The molecule has 19 heavy (non-hydrogen) atoms. The largest absolute Gasteiger partial charge is 0.358 e. The van der Waals surface area contributed by atoms with E-state index in [-0.39, 0.29) is 11.7 Å². The molecule has 1 aromatic heterocycles. The highest BCUT2D eigenvalue weighted by Gasteiger charge is 2.18. The molecule has 0 saturated carbocycles. The maximum absolute atomic E-state index is 13.9. The van der Waals surface area contributed by atoms with Gasteiger partial charge in [-0.3, -0.25) is 4.79 Å². The first kappa shape index (κ1) is 13.6. The summed E-state index contributed by atoms with van der Waals surface area (Å²) in [7, 11) is 0. The first-order chi connectivity index (χ1) is 9.00. The molecule has 0 radical (unpaired) electrons. The highest BCUT2D eigenvalue weighted by Crippen LogP contribution is 2.24. The fraction of sp³-hybridized carbons (Fsp3) is 0.400. The van der Waals surface area contributed by atoms with E-state index in [0.717, 1.165) is 6.42 Å². The predicted molar refractivity (Wildman–Crippen MR) is 74.8 cm³/mol. The zero-order valence-corrected chi connectivity index (χ0v) is 11.5. The van der Waals surface area contributed by atoms with E-state index in [1.54, 1.807) is 19.1 Å². The van der Waals surface area contributed by atoms with Crippen LogP contribution in [0.3, 0.4) is 0 Å². The molecule has 0 aliphatic heterocycles. The molecule has 2 aromatic rings. The average Bonchev–Trinajstić information content (AvgIpc) is 2.66. The number of nitrogens with one attached hydrogen (secondary N) is 2. The molecule has 4 heteroatoms. The number of amides is 1. The molecular formula is C15H19FN2O. The zero-order valence-electron chi connectivity index (χ0n) is 11.5. The fourth-order valence-electron chi connectivity index (χ4n) is 2.18. The summed E-state index contributed by atoms with van der Waals surface area (Å²) in [5, 5.41) is 3.23. The number of aryl methyl sites for hydroxylation is 1. The summed E-state index contributed by atoms with van der Waals surface area (Å²) in [4.78, 5) is 15.2. The van der Waals surface area contributed by atoms with Crippen LogP contribution in [0.25, 0.3) is 10.9 Å². The summed E-state index contributed by atoms with van der Waals surface area (Å²) in [5.41, 5.74) is 1.77. The lowest BCUT2D eigenvalue weighted by Crippen LogP contribution is -2.25. The number of aromatic amines is 1. The van der Waals surface area contributed by atoms with Gasteiger partial charge in [0.2, 0.25) is 0 Å². The van der Waals surface area contributed by atoms with Gasteiger partial charge in [0.25, 0.3) is 5.91 Å². The number of aromatic nitrogens is 1. The Morgan fingerprint density at radius 2 is 2.16 bits per heavy atom. The quantitative estimate of drug-likeness (QED) is 0.871. The molecule has 0 aliphatic carbocycles. The molecule has 2 N–H and O–H groups in total. The van der Waals surface area contributed by atoms with Crippen LogP contribution in [-0.2, 0) is 0 Å². The van der Waals surface area contributed by atoms with Gasteiger partial charge in [-0.1, -0.05) is 19.9 Å². The van der Waals surface area contributed by atoms with Crippen molar-refractivity contribution >= 4 is 16.8 Å². The van der Waals surface area contributed by atoms with E-state index in [1.807, 2.05) is 0 Å². The van der Waals surface area contributed by atoms with Crippen LogP contribution in [0.1, 0.15) is 36.3 Å². The van der Waals surface area contributed by atoms with E-state index < -0.39 is 0 Å². The van der Waals surface area contributed by atoms with Gasteiger partial charge in [-0.15, -0.1) is 0 Å². The van der Waals surface area contributed by atoms with Gasteiger partial charge in [0.05, 0.1) is 5.56 Å². The number of H-pyrrole nitrogens is 1. The number of hydrogen-bond donors (Lipinski definition) is 2. The standard InChI is InChI=1S/C15H19FN2O/c1-9(2)7-8-17-15(19)13-10(3)18-12-6-4-5-11(16)14(12)13/h4-6,9,18H,7-8H2,1-3H3,(H,17,19). The molecule has 102 valence electrons. The van der Waals surface area contributed by atoms with Gasteiger partial charge in [-0.25, -0.2) is 4.39 Å². The van der Waals surface area contributed by atoms with Gasteiger partial charge in [-0.2, -0.15) is 0 Å². The Morgan fingerprint density at radius 1 is 1.42 bits per heavy atom. The van der Waals surface area contributed by atoms with Crippen LogP contribution in [0, 0.1) is 18.7 Å². The fourth-order valence-corrected chi connectivity index (χ4v) is 2.18. The van der Waals surface area contributed by atoms with E-state index in [1.165, 1.54) is 6.07 Å². The molecule has 1 aromatic carbocycles. The molecule has 3 nitrogen and oxygen atoms in total. The summed E-state index contributed by atoms with van der Waals surface area (Å²) >= 11 is 0. The molecule has 1 amide bonds. The van der Waals surface area contributed by atoms with Crippen LogP contribution in [-0.4, -0.2) is 17.4 Å². The zero-order chi connectivity index (χ0) is 14.0. The van der Waals surface area contributed by atoms with Crippen LogP contribution >= 0.6 is 0 Å². The Balaban J connectivity index is 2.29. The highest BCUT2D eigenvalue weighted by atomic mass is 19.1. The molecule has 1 heterocycles. The van der Waals surface area contributed by atoms with E-state index in [9.17, 15) is 9.18 Å². The Labute approximate surface area is 112 Å². The van der Waals surface area contributed by atoms with Crippen molar-refractivity contribution in [2.75, 3.05) is 6.54 Å². The summed E-state index contributed by atoms with van der Waals surface area (Å²) < 4.78 is 13.9. The minimum absolute atomic E-state index is 0.213. The normalized spacial score (nSPS) is 11.2. The minimum atomic E-state index is -0.365. The molecular weight excluding hydrogens is 243 g/mol. The number of halogens is 1. The molecule has 2 rings (SSSR count). The van der Waals surface area contributed by atoms with Gasteiger partial charge in [0, 0.05) is 23.1 Å². The van der Waals surface area contributed by atoms with E-state index in [0.29, 0.717) is 34.6 Å². The first-order valence-electron chi connectivity index (χ1n) is 6.55. The Morgan fingerprint density at radius 3 is 2.84 bits per heavy atom. The van der Waals surface area contributed by atoms with Crippen LogP contribution in [0.2, 0.25) is 0 Å². The van der Waals surface area contributed by atoms with Crippen molar-refractivity contribution in [2.45, 2.75) is 27.2 Å². The van der Waals surface area contributed by atoms with E-state index in [4.69, 9.17) is 0 Å². The number of carbonyl (C=O) groups excluding carboxylic acids is 1. The van der Waals surface area contributed by atoms with Crippen LogP contribution in [0.4, 0.5) is 4.39 Å². The van der Waals surface area contributed by atoms with Crippen LogP contribution in [0.15, 0.2) is 18.2 Å². The number of rotatable bonds is 4. The van der Waals surface area contributed by atoms with Crippen molar-refractivity contribution in [1.29, 1.82) is 0 Å². The van der Waals surface area contributed by atoms with Crippen molar-refractivity contribution in [3.8, 4) is 0 Å². The lowest BCUT2D eigenvalue weighted by Gasteiger charge is -2.07. The van der Waals surface area contributed by atoms with Crippen molar-refractivity contribution in [3.63, 3.8) is 0 Å². The van der Waals surface area contributed by atoms with Crippen LogP contribution < -0.4 is 5.32 Å². The maximum Gasteiger partial charge on any atom is 0.253 e. The molecule has 0 atom stereocenters. The number of carbonyl (C=O) groups is 1. The maximum atomic E-state index is 13.9. The Hall–Kier alpha value is -1.84. The Bertz CT molecular complexity index is 601.